The fraction of sp³-hybridized carbons (Fsp3) is 0.176. The molecule has 3 aromatic rings. The number of aromatic nitrogens is 2. The Morgan fingerprint density at radius 3 is 2.75 bits per heavy atom. The van der Waals surface area contributed by atoms with Gasteiger partial charge in [0.25, 0.3) is 0 Å². The minimum Gasteiger partial charge on any atom is -0.493 e. The summed E-state index contributed by atoms with van der Waals surface area (Å²) in [6.45, 7) is -2.97. The van der Waals surface area contributed by atoms with E-state index in [1.54, 1.807) is 12.1 Å². The average molecular weight is 392 g/mol. The quantitative estimate of drug-likeness (QED) is 0.486. The molecule has 0 bridgehead atoms. The van der Waals surface area contributed by atoms with Gasteiger partial charge in [0.1, 0.15) is 5.65 Å². The van der Waals surface area contributed by atoms with Gasteiger partial charge in [0, 0.05) is 12.7 Å². The average Bonchev–Trinajstić information content (AvgIpc) is 2.66. The van der Waals surface area contributed by atoms with Crippen LogP contribution in [0.2, 0.25) is 0 Å². The molecule has 0 saturated heterocycles. The van der Waals surface area contributed by atoms with E-state index in [0.29, 0.717) is 5.56 Å². The van der Waals surface area contributed by atoms with E-state index in [2.05, 4.69) is 15.0 Å². The monoisotopic (exact) mass is 392 g/mol. The molecule has 2 heterocycles. The van der Waals surface area contributed by atoms with Crippen molar-refractivity contribution >= 4 is 17.2 Å². The van der Waals surface area contributed by atoms with Gasteiger partial charge in [-0.25, -0.2) is 4.98 Å². The van der Waals surface area contributed by atoms with Gasteiger partial charge in [-0.1, -0.05) is 12.1 Å². The van der Waals surface area contributed by atoms with Crippen molar-refractivity contribution in [1.29, 1.82) is 0 Å². The highest BCUT2D eigenvalue weighted by atomic mass is 19.3. The van der Waals surface area contributed by atoms with Crippen LogP contribution in [0.15, 0.2) is 47.4 Å². The van der Waals surface area contributed by atoms with E-state index < -0.39 is 22.8 Å². The van der Waals surface area contributed by atoms with Crippen LogP contribution in [0.25, 0.3) is 5.65 Å². The fourth-order valence-electron chi connectivity index (χ4n) is 2.57. The molecule has 3 rings (SSSR count). The molecular weight excluding hydrogens is 378 g/mol. The summed E-state index contributed by atoms with van der Waals surface area (Å²) in [4.78, 5) is 27.1. The predicted octanol–water partition coefficient (Wildman–Crippen LogP) is 2.82. The molecule has 146 valence electrons. The number of nitrogens with one attached hydrogen (secondary N) is 1. The van der Waals surface area contributed by atoms with E-state index in [1.807, 2.05) is 0 Å². The molecule has 0 amide bonds. The number of ether oxygens (including phenoxy) is 2. The van der Waals surface area contributed by atoms with Crippen LogP contribution in [0.3, 0.4) is 0 Å². The molecule has 28 heavy (non-hydrogen) atoms. The first-order valence-corrected chi connectivity index (χ1v) is 7.92. The maximum atomic E-state index is 12.4. The van der Waals surface area contributed by atoms with Gasteiger partial charge in [0.15, 0.2) is 11.5 Å². The number of halogens is 2. The molecule has 0 aliphatic rings. The number of nitro groups is 1. The van der Waals surface area contributed by atoms with E-state index in [-0.39, 0.29) is 29.5 Å². The van der Waals surface area contributed by atoms with Gasteiger partial charge in [0.05, 0.1) is 12.0 Å². The first-order chi connectivity index (χ1) is 13.4. The molecule has 0 radical (unpaired) electrons. The molecule has 0 aliphatic carbocycles. The van der Waals surface area contributed by atoms with Gasteiger partial charge in [-0.3, -0.25) is 19.3 Å². The third-order valence-electron chi connectivity index (χ3n) is 3.80. The highest BCUT2D eigenvalue weighted by Gasteiger charge is 2.23. The molecule has 0 unspecified atom stereocenters. The molecule has 11 heteroatoms. The molecule has 2 aromatic heterocycles. The number of hydrogen-bond donors (Lipinski definition) is 1. The first kappa shape index (κ1) is 19.0. The summed E-state index contributed by atoms with van der Waals surface area (Å²) in [5, 5.41) is 14.1. The van der Waals surface area contributed by atoms with Crippen LogP contribution >= 0.6 is 0 Å². The van der Waals surface area contributed by atoms with Gasteiger partial charge >= 0.3 is 17.9 Å². The Bertz CT molecular complexity index is 1090. The molecule has 0 aliphatic heterocycles. The van der Waals surface area contributed by atoms with E-state index in [0.717, 1.165) is 4.40 Å². The number of nitrogens with zero attached hydrogens (tertiary/aromatic N) is 3. The van der Waals surface area contributed by atoms with Gasteiger partial charge in [-0.2, -0.15) is 8.78 Å². The van der Waals surface area contributed by atoms with Crippen molar-refractivity contribution in [3.63, 3.8) is 0 Å². The zero-order chi connectivity index (χ0) is 20.3. The SMILES string of the molecule is COc1cc(CNc2nc3ccccn3c(=O)c2[N+](=O)[O-])ccc1OC(F)F. The zero-order valence-electron chi connectivity index (χ0n) is 14.5. The number of alkyl halides is 2. The Kier molecular flexibility index (Phi) is 5.34. The summed E-state index contributed by atoms with van der Waals surface area (Å²) in [5.41, 5.74) is -0.744. The van der Waals surface area contributed by atoms with E-state index in [4.69, 9.17) is 4.74 Å². The van der Waals surface area contributed by atoms with Crippen LogP contribution in [0, 0.1) is 10.1 Å². The number of pyridine rings is 1. The van der Waals surface area contributed by atoms with Crippen molar-refractivity contribution in [3.05, 3.63) is 68.6 Å². The number of methoxy groups -OCH3 is 1. The highest BCUT2D eigenvalue weighted by Crippen LogP contribution is 2.30. The Hall–Kier alpha value is -3.76. The van der Waals surface area contributed by atoms with Crippen molar-refractivity contribution in [1.82, 2.24) is 9.38 Å². The maximum absolute atomic E-state index is 12.4. The summed E-state index contributed by atoms with van der Waals surface area (Å²) in [6, 6.07) is 8.94. The van der Waals surface area contributed by atoms with E-state index >= 15 is 0 Å². The molecule has 0 spiro atoms. The highest BCUT2D eigenvalue weighted by molar-refractivity contribution is 5.60. The third-order valence-corrected chi connectivity index (χ3v) is 3.80. The maximum Gasteiger partial charge on any atom is 0.387 e. The van der Waals surface area contributed by atoms with Gasteiger partial charge in [0.2, 0.25) is 5.82 Å². The first-order valence-electron chi connectivity index (χ1n) is 7.92. The summed E-state index contributed by atoms with van der Waals surface area (Å²) in [7, 11) is 1.29. The summed E-state index contributed by atoms with van der Waals surface area (Å²) in [5.74, 6) is -0.275. The molecule has 9 nitrogen and oxygen atoms in total. The standard InChI is InChI=1S/C17H14F2N4O5/c1-27-12-8-10(5-6-11(12)28-17(18)19)9-20-15-14(23(25)26)16(24)22-7-3-2-4-13(22)21-15/h2-8,17,20H,9H2,1H3. The molecule has 0 atom stereocenters. The number of anilines is 1. The Balaban J connectivity index is 1.92. The zero-order valence-corrected chi connectivity index (χ0v) is 14.5. The lowest BCUT2D eigenvalue weighted by atomic mass is 10.2. The van der Waals surface area contributed by atoms with Crippen LogP contribution in [0.1, 0.15) is 5.56 Å². The smallest absolute Gasteiger partial charge is 0.387 e. The van der Waals surface area contributed by atoms with Gasteiger partial charge < -0.3 is 14.8 Å². The largest absolute Gasteiger partial charge is 0.493 e. The van der Waals surface area contributed by atoms with Crippen LogP contribution in [0.4, 0.5) is 20.3 Å². The second-order valence-electron chi connectivity index (χ2n) is 5.52. The molecule has 1 aromatic carbocycles. The number of benzene rings is 1. The van der Waals surface area contributed by atoms with Crippen molar-refractivity contribution in [2.75, 3.05) is 12.4 Å². The van der Waals surface area contributed by atoms with Crippen LogP contribution in [-0.2, 0) is 6.54 Å². The summed E-state index contributed by atoms with van der Waals surface area (Å²) < 4.78 is 35.2. The van der Waals surface area contributed by atoms with E-state index in [1.165, 1.54) is 37.6 Å². The lowest BCUT2D eigenvalue weighted by Crippen LogP contribution is -2.21. The fourth-order valence-corrected chi connectivity index (χ4v) is 2.57. The summed E-state index contributed by atoms with van der Waals surface area (Å²) in [6.07, 6.45) is 1.38. The number of hydrogen-bond acceptors (Lipinski definition) is 7. The topological polar surface area (TPSA) is 108 Å². The molecule has 0 fully saturated rings. The van der Waals surface area contributed by atoms with Gasteiger partial charge in [-0.15, -0.1) is 0 Å². The van der Waals surface area contributed by atoms with E-state index in [9.17, 15) is 23.7 Å². The number of rotatable bonds is 7. The van der Waals surface area contributed by atoms with Gasteiger partial charge in [-0.05, 0) is 29.8 Å². The van der Waals surface area contributed by atoms with Crippen LogP contribution < -0.4 is 20.3 Å². The number of fused-ring (bicyclic) bond motifs is 1. The van der Waals surface area contributed by atoms with Crippen LogP contribution in [0.5, 0.6) is 11.5 Å². The normalized spacial score (nSPS) is 10.9. The Morgan fingerprint density at radius 1 is 1.29 bits per heavy atom. The third kappa shape index (κ3) is 3.82. The van der Waals surface area contributed by atoms with Crippen molar-refractivity contribution in [3.8, 4) is 11.5 Å². The lowest BCUT2D eigenvalue weighted by Gasteiger charge is -2.12. The predicted molar refractivity (Wildman–Crippen MR) is 95.1 cm³/mol. The Labute approximate surface area is 156 Å². The summed E-state index contributed by atoms with van der Waals surface area (Å²) >= 11 is 0. The second kappa shape index (κ2) is 7.86. The van der Waals surface area contributed by atoms with Crippen molar-refractivity contribution < 1.29 is 23.2 Å². The molecule has 0 saturated carbocycles. The van der Waals surface area contributed by atoms with Crippen molar-refractivity contribution in [2.45, 2.75) is 13.2 Å². The lowest BCUT2D eigenvalue weighted by molar-refractivity contribution is -0.385. The minimum absolute atomic E-state index is 0.0294. The van der Waals surface area contributed by atoms with Crippen molar-refractivity contribution in [2.24, 2.45) is 0 Å². The van der Waals surface area contributed by atoms with Crippen LogP contribution in [-0.4, -0.2) is 28.0 Å². The second-order valence-corrected chi connectivity index (χ2v) is 5.52. The molecular formula is C17H14F2N4O5. The minimum atomic E-state index is -3.00. The Morgan fingerprint density at radius 2 is 2.07 bits per heavy atom. The molecule has 1 N–H and O–H groups in total.